The van der Waals surface area contributed by atoms with E-state index < -0.39 is 0 Å². The van der Waals surface area contributed by atoms with Gasteiger partial charge in [0.05, 0.1) is 11.6 Å². The molecule has 0 saturated carbocycles. The Morgan fingerprint density at radius 3 is 2.93 bits per heavy atom. The number of hydrogen-bond donors (Lipinski definition) is 1. The van der Waals surface area contributed by atoms with E-state index in [-0.39, 0.29) is 0 Å². The summed E-state index contributed by atoms with van der Waals surface area (Å²) in [6.45, 7) is 5.13. The van der Waals surface area contributed by atoms with Gasteiger partial charge in [-0.2, -0.15) is 5.26 Å². The zero-order valence-electron chi connectivity index (χ0n) is 8.92. The number of nitrogens with zero attached hydrogens (tertiary/aromatic N) is 2. The van der Waals surface area contributed by atoms with Gasteiger partial charge in [0.25, 0.3) is 0 Å². The molecule has 80 valence electrons. The van der Waals surface area contributed by atoms with Crippen LogP contribution < -0.4 is 5.32 Å². The minimum absolute atomic E-state index is 0.348. The number of nitriles is 1. The van der Waals surface area contributed by atoms with Gasteiger partial charge in [0.2, 0.25) is 0 Å². The molecule has 3 nitrogen and oxygen atoms in total. The quantitative estimate of drug-likeness (QED) is 0.799. The maximum absolute atomic E-state index is 8.75. The smallest absolute Gasteiger partial charge is 0.132 e. The van der Waals surface area contributed by atoms with Crippen LogP contribution in [0.5, 0.6) is 0 Å². The van der Waals surface area contributed by atoms with Gasteiger partial charge in [0.15, 0.2) is 0 Å². The Hall–Kier alpha value is -1.27. The Labute approximate surface area is 95.1 Å². The number of rotatable bonds is 4. The Morgan fingerprint density at radius 1 is 1.60 bits per heavy atom. The summed E-state index contributed by atoms with van der Waals surface area (Å²) in [5, 5.41) is 12.3. The van der Waals surface area contributed by atoms with Crippen molar-refractivity contribution in [3.05, 3.63) is 22.8 Å². The second-order valence-corrected chi connectivity index (χ2v) is 3.96. The largest absolute Gasteiger partial charge is 0.370 e. The summed E-state index contributed by atoms with van der Waals surface area (Å²) in [4.78, 5) is 4.09. The topological polar surface area (TPSA) is 48.7 Å². The molecule has 0 aliphatic carbocycles. The summed E-state index contributed by atoms with van der Waals surface area (Å²) in [6, 6.07) is 5.30. The van der Waals surface area contributed by atoms with E-state index in [1.54, 1.807) is 12.1 Å². The third-order valence-electron chi connectivity index (χ3n) is 2.25. The molecular weight excluding hydrogens is 210 g/mol. The van der Waals surface area contributed by atoms with Gasteiger partial charge in [-0.15, -0.1) is 0 Å². The van der Waals surface area contributed by atoms with E-state index in [9.17, 15) is 0 Å². The fourth-order valence-electron chi connectivity index (χ4n) is 1.08. The first-order valence-electron chi connectivity index (χ1n) is 4.97. The molecule has 1 unspecified atom stereocenters. The van der Waals surface area contributed by atoms with Gasteiger partial charge in [-0.1, -0.05) is 31.9 Å². The van der Waals surface area contributed by atoms with Gasteiger partial charge in [-0.25, -0.2) is 4.98 Å². The van der Waals surface area contributed by atoms with Crippen molar-refractivity contribution in [2.45, 2.75) is 20.3 Å². The predicted molar refractivity (Wildman–Crippen MR) is 61.9 cm³/mol. The van der Waals surface area contributed by atoms with Gasteiger partial charge in [0.1, 0.15) is 11.0 Å². The predicted octanol–water partition coefficient (Wildman–Crippen LogP) is 3.06. The summed E-state index contributed by atoms with van der Waals surface area (Å²) in [5.41, 5.74) is 0.529. The molecule has 0 spiro atoms. The van der Waals surface area contributed by atoms with Crippen LogP contribution in [0, 0.1) is 17.2 Å². The molecule has 0 aliphatic heterocycles. The van der Waals surface area contributed by atoms with Crippen LogP contribution in [-0.2, 0) is 0 Å². The summed E-state index contributed by atoms with van der Waals surface area (Å²) < 4.78 is 0. The normalized spacial score (nSPS) is 11.9. The molecule has 15 heavy (non-hydrogen) atoms. The van der Waals surface area contributed by atoms with Crippen LogP contribution in [0.3, 0.4) is 0 Å². The fraction of sp³-hybridized carbons (Fsp3) is 0.455. The van der Waals surface area contributed by atoms with Crippen LogP contribution in [0.25, 0.3) is 0 Å². The molecule has 0 fully saturated rings. The molecule has 1 aromatic heterocycles. The molecule has 1 atom stereocenters. The lowest BCUT2D eigenvalue weighted by molar-refractivity contribution is 0.592. The zero-order chi connectivity index (χ0) is 11.3. The minimum atomic E-state index is 0.348. The SMILES string of the molecule is CCC(C)CNc1cc(C#N)cc(Cl)n1. The summed E-state index contributed by atoms with van der Waals surface area (Å²) in [6.07, 6.45) is 1.11. The van der Waals surface area contributed by atoms with E-state index in [1.165, 1.54) is 0 Å². The number of hydrogen-bond acceptors (Lipinski definition) is 3. The van der Waals surface area contributed by atoms with Gasteiger partial charge >= 0.3 is 0 Å². The Bertz CT molecular complexity index is 371. The maximum atomic E-state index is 8.75. The minimum Gasteiger partial charge on any atom is -0.370 e. The molecular formula is C11H14ClN3. The van der Waals surface area contributed by atoms with E-state index in [4.69, 9.17) is 16.9 Å². The molecule has 0 bridgehead atoms. The van der Waals surface area contributed by atoms with E-state index in [2.05, 4.69) is 24.1 Å². The van der Waals surface area contributed by atoms with Gasteiger partial charge in [-0.3, -0.25) is 0 Å². The number of aromatic nitrogens is 1. The third-order valence-corrected chi connectivity index (χ3v) is 2.45. The van der Waals surface area contributed by atoms with Crippen LogP contribution in [0.4, 0.5) is 5.82 Å². The summed E-state index contributed by atoms with van der Waals surface area (Å²) >= 11 is 5.78. The monoisotopic (exact) mass is 223 g/mol. The number of anilines is 1. The van der Waals surface area contributed by atoms with Crippen LogP contribution in [-0.4, -0.2) is 11.5 Å². The second kappa shape index (κ2) is 5.57. The van der Waals surface area contributed by atoms with Crippen LogP contribution in [0.1, 0.15) is 25.8 Å². The Morgan fingerprint density at radius 2 is 2.33 bits per heavy atom. The van der Waals surface area contributed by atoms with Crippen molar-refractivity contribution in [3.63, 3.8) is 0 Å². The Balaban J connectivity index is 2.69. The summed E-state index contributed by atoms with van der Waals surface area (Å²) in [7, 11) is 0. The van der Waals surface area contributed by atoms with E-state index in [0.29, 0.717) is 22.5 Å². The molecule has 1 N–H and O–H groups in total. The first-order valence-corrected chi connectivity index (χ1v) is 5.35. The van der Waals surface area contributed by atoms with Crippen LogP contribution in [0.15, 0.2) is 12.1 Å². The van der Waals surface area contributed by atoms with Gasteiger partial charge in [-0.05, 0) is 18.1 Å². The van der Waals surface area contributed by atoms with Crippen LogP contribution in [0.2, 0.25) is 5.15 Å². The highest BCUT2D eigenvalue weighted by atomic mass is 35.5. The Kier molecular flexibility index (Phi) is 4.38. The average Bonchev–Trinajstić information content (AvgIpc) is 2.25. The molecule has 1 heterocycles. The molecule has 1 aromatic rings. The lowest BCUT2D eigenvalue weighted by Crippen LogP contribution is -2.11. The number of nitrogens with one attached hydrogen (secondary N) is 1. The number of pyridine rings is 1. The molecule has 0 aromatic carbocycles. The average molecular weight is 224 g/mol. The maximum Gasteiger partial charge on any atom is 0.132 e. The van der Waals surface area contributed by atoms with E-state index >= 15 is 0 Å². The van der Waals surface area contributed by atoms with Gasteiger partial charge in [0, 0.05) is 6.54 Å². The zero-order valence-corrected chi connectivity index (χ0v) is 9.67. The van der Waals surface area contributed by atoms with E-state index in [0.717, 1.165) is 13.0 Å². The first kappa shape index (κ1) is 11.8. The van der Waals surface area contributed by atoms with Crippen molar-refractivity contribution in [1.82, 2.24) is 4.98 Å². The standard InChI is InChI=1S/C11H14ClN3/c1-3-8(2)7-14-11-5-9(6-13)4-10(12)15-11/h4-5,8H,3,7H2,1-2H3,(H,14,15). The molecule has 0 amide bonds. The molecule has 0 saturated heterocycles. The van der Waals surface area contributed by atoms with Crippen molar-refractivity contribution in [2.75, 3.05) is 11.9 Å². The molecule has 4 heteroatoms. The lowest BCUT2D eigenvalue weighted by Gasteiger charge is -2.10. The highest BCUT2D eigenvalue weighted by Crippen LogP contribution is 2.14. The molecule has 1 rings (SSSR count). The number of halogens is 1. The highest BCUT2D eigenvalue weighted by molar-refractivity contribution is 6.29. The highest BCUT2D eigenvalue weighted by Gasteiger charge is 2.02. The van der Waals surface area contributed by atoms with Gasteiger partial charge < -0.3 is 5.32 Å². The fourth-order valence-corrected chi connectivity index (χ4v) is 1.28. The lowest BCUT2D eigenvalue weighted by atomic mass is 10.1. The van der Waals surface area contributed by atoms with Crippen molar-refractivity contribution in [3.8, 4) is 6.07 Å². The molecule has 0 radical (unpaired) electrons. The summed E-state index contributed by atoms with van der Waals surface area (Å²) in [5.74, 6) is 1.25. The third kappa shape index (κ3) is 3.77. The molecule has 0 aliphatic rings. The van der Waals surface area contributed by atoms with Crippen molar-refractivity contribution in [2.24, 2.45) is 5.92 Å². The second-order valence-electron chi connectivity index (χ2n) is 3.57. The van der Waals surface area contributed by atoms with Crippen molar-refractivity contribution >= 4 is 17.4 Å². The van der Waals surface area contributed by atoms with Crippen LogP contribution >= 0.6 is 11.6 Å². The van der Waals surface area contributed by atoms with Crippen molar-refractivity contribution < 1.29 is 0 Å². The first-order chi connectivity index (χ1) is 7.15. The van der Waals surface area contributed by atoms with Crippen molar-refractivity contribution in [1.29, 1.82) is 5.26 Å². The van der Waals surface area contributed by atoms with E-state index in [1.807, 2.05) is 6.07 Å².